The second-order valence-electron chi connectivity index (χ2n) is 7.16. The molecule has 4 aromatic carbocycles. The number of rotatable bonds is 0. The maximum absolute atomic E-state index is 15.3. The Morgan fingerprint density at radius 1 is 0.593 bits per heavy atom. The van der Waals surface area contributed by atoms with Crippen LogP contribution in [0.4, 0.5) is 8.78 Å². The first-order valence-corrected chi connectivity index (χ1v) is 9.66. The lowest BCUT2D eigenvalue weighted by Gasteiger charge is -2.09. The highest BCUT2D eigenvalue weighted by atomic mass is 32.1. The zero-order chi connectivity index (χ0) is 17.9. The van der Waals surface area contributed by atoms with Crippen LogP contribution >= 0.6 is 11.3 Å². The summed E-state index contributed by atoms with van der Waals surface area (Å²) in [6.07, 6.45) is 0. The highest BCUT2D eigenvalue weighted by Gasteiger charge is 2.35. The van der Waals surface area contributed by atoms with Gasteiger partial charge in [0.25, 0.3) is 0 Å². The van der Waals surface area contributed by atoms with E-state index in [0.29, 0.717) is 11.1 Å². The summed E-state index contributed by atoms with van der Waals surface area (Å²) >= 11 is 1.59. The van der Waals surface area contributed by atoms with Crippen LogP contribution in [0.2, 0.25) is 0 Å². The minimum atomic E-state index is -0.232. The van der Waals surface area contributed by atoms with Gasteiger partial charge in [0, 0.05) is 42.4 Å². The number of hydrogen-bond acceptors (Lipinski definition) is 1. The molecule has 0 radical (unpaired) electrons. The average Bonchev–Trinajstić information content (AvgIpc) is 3.30. The minimum absolute atomic E-state index is 0.224. The van der Waals surface area contributed by atoms with Crippen LogP contribution in [0, 0.1) is 11.6 Å². The first kappa shape index (κ1) is 14.1. The summed E-state index contributed by atoms with van der Waals surface area (Å²) in [5.74, 6) is -0.456. The van der Waals surface area contributed by atoms with Gasteiger partial charge < -0.3 is 0 Å². The average molecular weight is 368 g/mol. The van der Waals surface area contributed by atoms with Crippen LogP contribution in [0.3, 0.4) is 0 Å². The zero-order valence-corrected chi connectivity index (χ0v) is 14.8. The molecule has 0 saturated carbocycles. The summed E-state index contributed by atoms with van der Waals surface area (Å²) in [5, 5.41) is 2.79. The van der Waals surface area contributed by atoms with Crippen molar-refractivity contribution in [1.82, 2.24) is 0 Å². The lowest BCUT2D eigenvalue weighted by Crippen LogP contribution is -1.87. The molecule has 1 heterocycles. The molecule has 0 atom stereocenters. The monoisotopic (exact) mass is 368 g/mol. The van der Waals surface area contributed by atoms with E-state index in [2.05, 4.69) is 0 Å². The van der Waals surface area contributed by atoms with E-state index in [1.54, 1.807) is 23.5 Å². The minimum Gasteiger partial charge on any atom is -0.206 e. The molecule has 126 valence electrons. The van der Waals surface area contributed by atoms with Gasteiger partial charge in [-0.2, -0.15) is 0 Å². The van der Waals surface area contributed by atoms with Gasteiger partial charge in [0.05, 0.1) is 0 Å². The molecule has 0 bridgehead atoms. The molecular weight excluding hydrogens is 358 g/mol. The summed E-state index contributed by atoms with van der Waals surface area (Å²) in [5.41, 5.74) is 5.61. The van der Waals surface area contributed by atoms with Crippen molar-refractivity contribution >= 4 is 32.2 Å². The van der Waals surface area contributed by atoms with Crippen molar-refractivity contribution in [3.05, 3.63) is 72.3 Å². The molecule has 0 spiro atoms. The van der Waals surface area contributed by atoms with Gasteiger partial charge >= 0.3 is 0 Å². The van der Waals surface area contributed by atoms with Crippen molar-refractivity contribution in [2.24, 2.45) is 0 Å². The molecule has 0 unspecified atom stereocenters. The summed E-state index contributed by atoms with van der Waals surface area (Å²) in [6, 6.07) is 19.0. The third-order valence-corrected chi connectivity index (χ3v) is 7.08. The van der Waals surface area contributed by atoms with Crippen molar-refractivity contribution in [2.75, 3.05) is 0 Å². The van der Waals surface area contributed by atoms with Crippen LogP contribution in [0.25, 0.3) is 64.7 Å². The fraction of sp³-hybridized carbons (Fsp3) is 0. The standard InChI is InChI=1S/C24H10F2S/c25-16-10-15-19-13-7-3-4-8-18(13)27-24(19)23-17(26)9-14-11-5-1-2-6-12(11)20(16)21(14)22(15)23/h1-10H. The Labute approximate surface area is 157 Å². The van der Waals surface area contributed by atoms with E-state index in [1.165, 1.54) is 0 Å². The molecule has 27 heavy (non-hydrogen) atoms. The Morgan fingerprint density at radius 3 is 2.15 bits per heavy atom. The molecule has 2 aliphatic rings. The molecule has 0 fully saturated rings. The maximum Gasteiger partial charge on any atom is 0.133 e. The van der Waals surface area contributed by atoms with E-state index < -0.39 is 0 Å². The van der Waals surface area contributed by atoms with Gasteiger partial charge in [0.2, 0.25) is 0 Å². The highest BCUT2D eigenvalue weighted by Crippen LogP contribution is 2.60. The van der Waals surface area contributed by atoms with Gasteiger partial charge in [-0.25, -0.2) is 8.78 Å². The van der Waals surface area contributed by atoms with Crippen LogP contribution in [0.5, 0.6) is 0 Å². The van der Waals surface area contributed by atoms with Gasteiger partial charge in [-0.05, 0) is 40.5 Å². The van der Waals surface area contributed by atoms with Crippen molar-refractivity contribution in [1.29, 1.82) is 0 Å². The smallest absolute Gasteiger partial charge is 0.133 e. The number of halogens is 2. The van der Waals surface area contributed by atoms with E-state index in [1.807, 2.05) is 48.5 Å². The molecule has 0 aliphatic heterocycles. The molecule has 5 aromatic rings. The van der Waals surface area contributed by atoms with E-state index in [-0.39, 0.29) is 11.6 Å². The Balaban J connectivity index is 1.76. The number of hydrogen-bond donors (Lipinski definition) is 0. The Bertz CT molecular complexity index is 1490. The summed E-state index contributed by atoms with van der Waals surface area (Å²) in [7, 11) is 0. The van der Waals surface area contributed by atoms with Crippen LogP contribution in [-0.2, 0) is 0 Å². The second-order valence-corrected chi connectivity index (χ2v) is 8.21. The van der Waals surface area contributed by atoms with Crippen molar-refractivity contribution < 1.29 is 8.78 Å². The van der Waals surface area contributed by atoms with Gasteiger partial charge in [-0.1, -0.05) is 42.5 Å². The van der Waals surface area contributed by atoms with Gasteiger partial charge in [-0.3, -0.25) is 0 Å². The summed E-state index contributed by atoms with van der Waals surface area (Å²) < 4.78 is 31.8. The molecule has 3 heteroatoms. The van der Waals surface area contributed by atoms with Gasteiger partial charge in [0.1, 0.15) is 11.6 Å². The van der Waals surface area contributed by atoms with Crippen LogP contribution in [0.15, 0.2) is 60.7 Å². The van der Waals surface area contributed by atoms with Crippen molar-refractivity contribution in [2.45, 2.75) is 0 Å². The predicted octanol–water partition coefficient (Wildman–Crippen LogP) is 7.63. The van der Waals surface area contributed by atoms with E-state index >= 15 is 8.78 Å². The van der Waals surface area contributed by atoms with Crippen molar-refractivity contribution in [3.8, 4) is 43.8 Å². The van der Waals surface area contributed by atoms with Crippen LogP contribution < -0.4 is 0 Å². The van der Waals surface area contributed by atoms with E-state index in [4.69, 9.17) is 0 Å². The fourth-order valence-corrected chi connectivity index (χ4v) is 6.16. The van der Waals surface area contributed by atoms with Gasteiger partial charge in [-0.15, -0.1) is 11.3 Å². The second kappa shape index (κ2) is 4.44. The van der Waals surface area contributed by atoms with Gasteiger partial charge in [0.15, 0.2) is 0 Å². The molecule has 2 aliphatic carbocycles. The van der Waals surface area contributed by atoms with Crippen LogP contribution in [0.1, 0.15) is 0 Å². The fourth-order valence-electron chi connectivity index (χ4n) is 4.89. The number of thiophene rings is 1. The molecule has 0 amide bonds. The van der Waals surface area contributed by atoms with Crippen molar-refractivity contribution in [3.63, 3.8) is 0 Å². The summed E-state index contributed by atoms with van der Waals surface area (Å²) in [6.45, 7) is 0. The third-order valence-electron chi connectivity index (χ3n) is 5.89. The Hall–Kier alpha value is -3.04. The number of fused-ring (bicyclic) bond motifs is 8. The largest absolute Gasteiger partial charge is 0.206 e. The first-order valence-electron chi connectivity index (χ1n) is 8.85. The highest BCUT2D eigenvalue weighted by molar-refractivity contribution is 7.23. The zero-order valence-electron chi connectivity index (χ0n) is 13.9. The molecule has 1 aromatic heterocycles. The topological polar surface area (TPSA) is 0 Å². The normalized spacial score (nSPS) is 12.8. The maximum atomic E-state index is 15.3. The predicted molar refractivity (Wildman–Crippen MR) is 108 cm³/mol. The van der Waals surface area contributed by atoms with E-state index in [0.717, 1.165) is 53.6 Å². The summed E-state index contributed by atoms with van der Waals surface area (Å²) in [4.78, 5) is 0.919. The molecule has 7 rings (SSSR count). The lowest BCUT2D eigenvalue weighted by molar-refractivity contribution is 0.632. The Morgan fingerprint density at radius 2 is 1.26 bits per heavy atom. The quantitative estimate of drug-likeness (QED) is 0.258. The number of benzene rings is 4. The third kappa shape index (κ3) is 1.47. The first-order chi connectivity index (χ1) is 13.2. The van der Waals surface area contributed by atoms with Crippen LogP contribution in [-0.4, -0.2) is 0 Å². The molecule has 0 N–H and O–H groups in total. The Kier molecular flexibility index (Phi) is 2.31. The molecule has 0 saturated heterocycles. The van der Waals surface area contributed by atoms with E-state index in [9.17, 15) is 0 Å². The molecular formula is C24H10F2S. The molecule has 0 nitrogen and oxygen atoms in total. The SMILES string of the molecule is Fc1cc2c3c(c(F)cc4c3c1-c1ccccc1-4)-c1sc3ccccc3c1-2. The lowest BCUT2D eigenvalue weighted by atomic mass is 9.96.